The molecule has 4 nitrogen and oxygen atoms in total. The van der Waals surface area contributed by atoms with Crippen LogP contribution in [0.3, 0.4) is 0 Å². The Balaban J connectivity index is 2.33. The van der Waals surface area contributed by atoms with Crippen molar-refractivity contribution in [3.05, 3.63) is 48.0 Å². The van der Waals surface area contributed by atoms with Gasteiger partial charge >= 0.3 is 6.09 Å². The summed E-state index contributed by atoms with van der Waals surface area (Å²) in [6.45, 7) is 2.03. The zero-order chi connectivity index (χ0) is 13.1. The van der Waals surface area contributed by atoms with Crippen LogP contribution in [0.15, 0.2) is 42.5 Å². The molecule has 2 aromatic rings. The Morgan fingerprint density at radius 1 is 1.11 bits per heavy atom. The van der Waals surface area contributed by atoms with E-state index in [4.69, 9.17) is 10.8 Å². The van der Waals surface area contributed by atoms with Crippen LogP contribution in [0.2, 0.25) is 0 Å². The number of hydrogen-bond acceptors (Lipinski definition) is 2. The highest BCUT2D eigenvalue weighted by atomic mass is 16.4. The second kappa shape index (κ2) is 4.79. The molecule has 0 fully saturated rings. The van der Waals surface area contributed by atoms with Crippen LogP contribution in [-0.2, 0) is 0 Å². The van der Waals surface area contributed by atoms with Gasteiger partial charge in [0.2, 0.25) is 0 Å². The van der Waals surface area contributed by atoms with E-state index in [0.717, 1.165) is 11.1 Å². The second-order valence-electron chi connectivity index (χ2n) is 4.10. The molecule has 0 aliphatic rings. The molecule has 0 radical (unpaired) electrons. The molecule has 92 valence electrons. The summed E-state index contributed by atoms with van der Waals surface area (Å²) < 4.78 is 0. The summed E-state index contributed by atoms with van der Waals surface area (Å²) in [6, 6.07) is 13.3. The van der Waals surface area contributed by atoms with Gasteiger partial charge in [-0.1, -0.05) is 35.9 Å². The monoisotopic (exact) mass is 242 g/mol. The van der Waals surface area contributed by atoms with E-state index in [-0.39, 0.29) is 0 Å². The first-order valence-electron chi connectivity index (χ1n) is 5.53. The highest BCUT2D eigenvalue weighted by molar-refractivity contribution is 5.89. The van der Waals surface area contributed by atoms with Gasteiger partial charge in [0.15, 0.2) is 0 Å². The molecule has 2 rings (SSSR count). The quantitative estimate of drug-likeness (QED) is 0.707. The number of nitrogens with two attached hydrogens (primary N) is 1. The standard InChI is InChI=1S/C14H14N2O2/c1-9-2-4-10(5-3-9)11-6-7-13(12(15)8-11)16-14(17)18/h2-8,16H,15H2,1H3,(H,17,18). The number of rotatable bonds is 2. The molecule has 0 heterocycles. The minimum absolute atomic E-state index is 0.401. The largest absolute Gasteiger partial charge is 0.465 e. The van der Waals surface area contributed by atoms with E-state index in [1.165, 1.54) is 5.56 Å². The van der Waals surface area contributed by atoms with Gasteiger partial charge in [-0.2, -0.15) is 0 Å². The maximum Gasteiger partial charge on any atom is 0.409 e. The summed E-state index contributed by atoms with van der Waals surface area (Å²) in [4.78, 5) is 10.5. The fraction of sp³-hybridized carbons (Fsp3) is 0.0714. The molecule has 0 saturated heterocycles. The Morgan fingerprint density at radius 3 is 2.28 bits per heavy atom. The average molecular weight is 242 g/mol. The van der Waals surface area contributed by atoms with Crippen molar-refractivity contribution in [2.24, 2.45) is 0 Å². The molecule has 2 aromatic carbocycles. The van der Waals surface area contributed by atoms with Crippen LogP contribution in [0.1, 0.15) is 5.56 Å². The predicted octanol–water partition coefficient (Wildman–Crippen LogP) is 3.33. The number of nitrogen functional groups attached to an aromatic ring is 1. The van der Waals surface area contributed by atoms with Crippen LogP contribution in [0.25, 0.3) is 11.1 Å². The maximum absolute atomic E-state index is 10.5. The van der Waals surface area contributed by atoms with Crippen molar-refractivity contribution >= 4 is 17.5 Å². The number of benzene rings is 2. The molecule has 0 spiro atoms. The Labute approximate surface area is 105 Å². The van der Waals surface area contributed by atoms with Gasteiger partial charge in [-0.25, -0.2) is 4.79 Å². The molecule has 0 atom stereocenters. The number of carbonyl (C=O) groups is 1. The predicted molar refractivity (Wildman–Crippen MR) is 72.7 cm³/mol. The van der Waals surface area contributed by atoms with Crippen LogP contribution in [0.5, 0.6) is 0 Å². The summed E-state index contributed by atoms with van der Waals surface area (Å²) in [7, 11) is 0. The van der Waals surface area contributed by atoms with Crippen LogP contribution >= 0.6 is 0 Å². The molecule has 4 N–H and O–H groups in total. The number of anilines is 2. The first-order chi connectivity index (χ1) is 8.56. The van der Waals surface area contributed by atoms with Crippen molar-refractivity contribution in [1.82, 2.24) is 0 Å². The van der Waals surface area contributed by atoms with Gasteiger partial charge in [0.25, 0.3) is 0 Å². The Kier molecular flexibility index (Phi) is 3.19. The number of amides is 1. The fourth-order valence-electron chi connectivity index (χ4n) is 1.72. The summed E-state index contributed by atoms with van der Waals surface area (Å²) in [5, 5.41) is 10.9. The molecule has 0 unspecified atom stereocenters. The summed E-state index contributed by atoms with van der Waals surface area (Å²) in [5.41, 5.74) is 9.83. The van der Waals surface area contributed by atoms with Crippen molar-refractivity contribution in [2.45, 2.75) is 6.92 Å². The van der Waals surface area contributed by atoms with Crippen LogP contribution in [0.4, 0.5) is 16.2 Å². The van der Waals surface area contributed by atoms with Crippen molar-refractivity contribution < 1.29 is 9.90 Å². The smallest absolute Gasteiger partial charge is 0.409 e. The zero-order valence-corrected chi connectivity index (χ0v) is 9.97. The molecular formula is C14H14N2O2. The first-order valence-corrected chi connectivity index (χ1v) is 5.53. The van der Waals surface area contributed by atoms with Crippen molar-refractivity contribution in [3.63, 3.8) is 0 Å². The van der Waals surface area contributed by atoms with Gasteiger partial charge in [-0.15, -0.1) is 0 Å². The fourth-order valence-corrected chi connectivity index (χ4v) is 1.72. The molecule has 0 saturated carbocycles. The van der Waals surface area contributed by atoms with Gasteiger partial charge in [0.1, 0.15) is 0 Å². The van der Waals surface area contributed by atoms with Crippen molar-refractivity contribution in [3.8, 4) is 11.1 Å². The van der Waals surface area contributed by atoms with Crippen LogP contribution in [-0.4, -0.2) is 11.2 Å². The topological polar surface area (TPSA) is 75.3 Å². The molecule has 4 heteroatoms. The second-order valence-corrected chi connectivity index (χ2v) is 4.10. The molecule has 18 heavy (non-hydrogen) atoms. The highest BCUT2D eigenvalue weighted by Crippen LogP contribution is 2.27. The average Bonchev–Trinajstić information content (AvgIpc) is 2.32. The van der Waals surface area contributed by atoms with Gasteiger partial charge in [-0.05, 0) is 30.2 Å². The first kappa shape index (κ1) is 12.0. The van der Waals surface area contributed by atoms with Crippen molar-refractivity contribution in [1.29, 1.82) is 0 Å². The van der Waals surface area contributed by atoms with Crippen molar-refractivity contribution in [2.75, 3.05) is 11.1 Å². The zero-order valence-electron chi connectivity index (χ0n) is 9.97. The lowest BCUT2D eigenvalue weighted by atomic mass is 10.0. The summed E-state index contributed by atoms with van der Waals surface area (Å²) in [6.07, 6.45) is -1.12. The molecule has 1 amide bonds. The number of aryl methyl sites for hydroxylation is 1. The molecule has 0 bridgehead atoms. The van der Waals surface area contributed by atoms with Crippen LogP contribution in [0, 0.1) is 6.92 Å². The number of carboxylic acid groups (broad SMARTS) is 1. The third-order valence-electron chi connectivity index (χ3n) is 2.68. The molecule has 0 aliphatic heterocycles. The summed E-state index contributed by atoms with van der Waals surface area (Å²) in [5.74, 6) is 0. The van der Waals surface area contributed by atoms with Gasteiger partial charge < -0.3 is 10.8 Å². The highest BCUT2D eigenvalue weighted by Gasteiger charge is 2.05. The Hall–Kier alpha value is -2.49. The number of hydrogen-bond donors (Lipinski definition) is 3. The SMILES string of the molecule is Cc1ccc(-c2ccc(NC(=O)O)c(N)c2)cc1. The third-order valence-corrected chi connectivity index (χ3v) is 2.68. The third kappa shape index (κ3) is 2.60. The lowest BCUT2D eigenvalue weighted by Crippen LogP contribution is -2.09. The molecule has 0 aromatic heterocycles. The van der Waals surface area contributed by atoms with E-state index in [9.17, 15) is 4.79 Å². The molecular weight excluding hydrogens is 228 g/mol. The Morgan fingerprint density at radius 2 is 1.72 bits per heavy atom. The molecule has 0 aliphatic carbocycles. The lowest BCUT2D eigenvalue weighted by molar-refractivity contribution is 0.210. The minimum atomic E-state index is -1.12. The minimum Gasteiger partial charge on any atom is -0.465 e. The lowest BCUT2D eigenvalue weighted by Gasteiger charge is -2.08. The maximum atomic E-state index is 10.5. The van der Waals surface area contributed by atoms with Crippen LogP contribution < -0.4 is 11.1 Å². The normalized spacial score (nSPS) is 10.1. The van der Waals surface area contributed by atoms with E-state index in [0.29, 0.717) is 11.4 Å². The van der Waals surface area contributed by atoms with E-state index < -0.39 is 6.09 Å². The van der Waals surface area contributed by atoms with E-state index >= 15 is 0 Å². The number of nitrogens with one attached hydrogen (secondary N) is 1. The van der Waals surface area contributed by atoms with Gasteiger partial charge in [0, 0.05) is 0 Å². The Bertz CT molecular complexity index is 577. The van der Waals surface area contributed by atoms with E-state index in [1.54, 1.807) is 12.1 Å². The van der Waals surface area contributed by atoms with E-state index in [1.807, 2.05) is 37.3 Å². The van der Waals surface area contributed by atoms with Gasteiger partial charge in [0.05, 0.1) is 11.4 Å². The summed E-state index contributed by atoms with van der Waals surface area (Å²) >= 11 is 0. The van der Waals surface area contributed by atoms with Gasteiger partial charge in [-0.3, -0.25) is 5.32 Å². The van der Waals surface area contributed by atoms with E-state index in [2.05, 4.69) is 5.32 Å².